The summed E-state index contributed by atoms with van der Waals surface area (Å²) >= 11 is 0. The van der Waals surface area contributed by atoms with E-state index >= 15 is 0 Å². The van der Waals surface area contributed by atoms with Gasteiger partial charge in [-0.2, -0.15) is 0 Å². The molecule has 2 fully saturated rings. The Labute approximate surface area is 106 Å². The molecule has 0 amide bonds. The van der Waals surface area contributed by atoms with Crippen LogP contribution in [0.15, 0.2) is 0 Å². The third-order valence-corrected chi connectivity index (χ3v) is 4.67. The molecule has 2 heterocycles. The van der Waals surface area contributed by atoms with Gasteiger partial charge in [-0.1, -0.05) is 0 Å². The summed E-state index contributed by atoms with van der Waals surface area (Å²) in [5.74, 6) is 2.34. The number of nitrogens with zero attached hydrogens (tertiary/aromatic N) is 1. The zero-order valence-electron chi connectivity index (χ0n) is 11.2. The van der Waals surface area contributed by atoms with E-state index in [1.54, 1.807) is 0 Å². The zero-order valence-corrected chi connectivity index (χ0v) is 11.2. The second-order valence-electron chi connectivity index (χ2n) is 5.95. The van der Waals surface area contributed by atoms with E-state index in [-0.39, 0.29) is 0 Å². The Balaban J connectivity index is 1.94. The highest BCUT2D eigenvalue weighted by atomic mass is 16.3. The van der Waals surface area contributed by atoms with Gasteiger partial charge in [-0.3, -0.25) is 0 Å². The highest BCUT2D eigenvalue weighted by Crippen LogP contribution is 2.34. The maximum atomic E-state index is 9.33. The lowest BCUT2D eigenvalue weighted by Gasteiger charge is -2.40. The van der Waals surface area contributed by atoms with Gasteiger partial charge in [-0.05, 0) is 76.5 Å². The summed E-state index contributed by atoms with van der Waals surface area (Å²) in [6, 6.07) is 0. The summed E-state index contributed by atoms with van der Waals surface area (Å²) in [4.78, 5) is 2.47. The molecule has 3 unspecified atom stereocenters. The van der Waals surface area contributed by atoms with Crippen LogP contribution in [0.5, 0.6) is 0 Å². The quantitative estimate of drug-likeness (QED) is 0.778. The fourth-order valence-corrected chi connectivity index (χ4v) is 3.81. The standard InChI is InChI=1S/C14H28N2O/c1-16-8-3-5-13(11-16)14(6-9-17)12-4-2-7-15-10-12/h12-15,17H,2-11H2,1H3. The van der Waals surface area contributed by atoms with Crippen molar-refractivity contribution >= 4 is 0 Å². The van der Waals surface area contributed by atoms with E-state index in [2.05, 4.69) is 17.3 Å². The van der Waals surface area contributed by atoms with Crippen molar-refractivity contribution in [3.8, 4) is 0 Å². The smallest absolute Gasteiger partial charge is 0.0433 e. The van der Waals surface area contributed by atoms with Crippen LogP contribution in [-0.4, -0.2) is 49.8 Å². The van der Waals surface area contributed by atoms with Gasteiger partial charge in [-0.15, -0.1) is 0 Å². The first-order valence-electron chi connectivity index (χ1n) is 7.31. The molecule has 2 saturated heterocycles. The molecule has 0 spiro atoms. The van der Waals surface area contributed by atoms with Crippen LogP contribution in [0.2, 0.25) is 0 Å². The predicted octanol–water partition coefficient (Wildman–Crippen LogP) is 1.33. The van der Waals surface area contributed by atoms with Crippen molar-refractivity contribution in [3.63, 3.8) is 0 Å². The highest BCUT2D eigenvalue weighted by molar-refractivity contribution is 4.84. The minimum atomic E-state index is 0.362. The van der Waals surface area contributed by atoms with Gasteiger partial charge >= 0.3 is 0 Å². The van der Waals surface area contributed by atoms with E-state index < -0.39 is 0 Å². The molecule has 2 aliphatic heterocycles. The molecule has 2 aliphatic rings. The summed E-state index contributed by atoms with van der Waals surface area (Å²) in [7, 11) is 2.24. The number of rotatable bonds is 4. The van der Waals surface area contributed by atoms with Gasteiger partial charge in [0.25, 0.3) is 0 Å². The molecule has 2 N–H and O–H groups in total. The molecular weight excluding hydrogens is 212 g/mol. The summed E-state index contributed by atoms with van der Waals surface area (Å²) in [6.45, 7) is 5.21. The topological polar surface area (TPSA) is 35.5 Å². The zero-order chi connectivity index (χ0) is 12.1. The van der Waals surface area contributed by atoms with Gasteiger partial charge in [0.2, 0.25) is 0 Å². The molecule has 3 nitrogen and oxygen atoms in total. The maximum absolute atomic E-state index is 9.33. The number of hydrogen-bond acceptors (Lipinski definition) is 3. The summed E-state index contributed by atoms with van der Waals surface area (Å²) in [5.41, 5.74) is 0. The number of aliphatic hydroxyl groups is 1. The van der Waals surface area contributed by atoms with E-state index in [0.717, 1.165) is 24.2 Å². The van der Waals surface area contributed by atoms with Gasteiger partial charge in [-0.25, -0.2) is 0 Å². The number of nitrogens with one attached hydrogen (secondary N) is 1. The third kappa shape index (κ3) is 3.67. The predicted molar refractivity (Wildman–Crippen MR) is 71.0 cm³/mol. The van der Waals surface area contributed by atoms with Crippen molar-refractivity contribution < 1.29 is 5.11 Å². The Hall–Kier alpha value is -0.120. The number of hydrogen-bond donors (Lipinski definition) is 2. The number of likely N-dealkylation sites (tertiary alicyclic amines) is 1. The van der Waals surface area contributed by atoms with Crippen molar-refractivity contribution in [1.29, 1.82) is 0 Å². The lowest BCUT2D eigenvalue weighted by molar-refractivity contribution is 0.0876. The fraction of sp³-hybridized carbons (Fsp3) is 1.00. The average molecular weight is 240 g/mol. The molecule has 0 aromatic heterocycles. The third-order valence-electron chi connectivity index (χ3n) is 4.67. The van der Waals surface area contributed by atoms with Crippen LogP contribution in [0.3, 0.4) is 0 Å². The van der Waals surface area contributed by atoms with Crippen LogP contribution in [0.1, 0.15) is 32.1 Å². The minimum Gasteiger partial charge on any atom is -0.396 e. The molecule has 2 rings (SSSR count). The molecule has 0 aromatic rings. The summed E-state index contributed by atoms with van der Waals surface area (Å²) in [6.07, 6.45) is 6.38. The average Bonchev–Trinajstić information content (AvgIpc) is 2.37. The van der Waals surface area contributed by atoms with Crippen LogP contribution in [0.4, 0.5) is 0 Å². The molecule has 0 bridgehead atoms. The first-order chi connectivity index (χ1) is 8.31. The van der Waals surface area contributed by atoms with Gasteiger partial charge in [0.15, 0.2) is 0 Å². The minimum absolute atomic E-state index is 0.362. The molecule has 3 atom stereocenters. The van der Waals surface area contributed by atoms with E-state index in [1.165, 1.54) is 51.9 Å². The Kier molecular flexibility index (Phi) is 5.26. The van der Waals surface area contributed by atoms with Crippen molar-refractivity contribution in [2.75, 3.05) is 39.8 Å². The van der Waals surface area contributed by atoms with Crippen molar-refractivity contribution in [3.05, 3.63) is 0 Å². The number of piperidine rings is 2. The van der Waals surface area contributed by atoms with E-state index in [1.807, 2.05) is 0 Å². The lowest BCUT2D eigenvalue weighted by atomic mass is 9.73. The first-order valence-corrected chi connectivity index (χ1v) is 7.31. The molecule has 0 aliphatic carbocycles. The highest BCUT2D eigenvalue weighted by Gasteiger charge is 2.32. The lowest BCUT2D eigenvalue weighted by Crippen LogP contribution is -2.42. The van der Waals surface area contributed by atoms with Crippen molar-refractivity contribution in [2.24, 2.45) is 17.8 Å². The van der Waals surface area contributed by atoms with Crippen LogP contribution >= 0.6 is 0 Å². The Bertz CT molecular complexity index is 216. The first kappa shape index (κ1) is 13.3. The molecule has 17 heavy (non-hydrogen) atoms. The van der Waals surface area contributed by atoms with Crippen molar-refractivity contribution in [2.45, 2.75) is 32.1 Å². The van der Waals surface area contributed by atoms with Crippen LogP contribution < -0.4 is 5.32 Å². The Morgan fingerprint density at radius 3 is 2.76 bits per heavy atom. The van der Waals surface area contributed by atoms with Crippen LogP contribution in [-0.2, 0) is 0 Å². The van der Waals surface area contributed by atoms with Gasteiger partial charge < -0.3 is 15.3 Å². The van der Waals surface area contributed by atoms with E-state index in [0.29, 0.717) is 6.61 Å². The van der Waals surface area contributed by atoms with E-state index in [4.69, 9.17) is 0 Å². The summed E-state index contributed by atoms with van der Waals surface area (Å²) in [5, 5.41) is 12.9. The molecule has 0 saturated carbocycles. The molecule has 3 heteroatoms. The molecule has 0 radical (unpaired) electrons. The largest absolute Gasteiger partial charge is 0.396 e. The summed E-state index contributed by atoms with van der Waals surface area (Å²) < 4.78 is 0. The molecular formula is C14H28N2O. The molecule has 0 aromatic carbocycles. The van der Waals surface area contributed by atoms with Crippen LogP contribution in [0, 0.1) is 17.8 Å². The van der Waals surface area contributed by atoms with Gasteiger partial charge in [0.05, 0.1) is 0 Å². The van der Waals surface area contributed by atoms with Crippen LogP contribution in [0.25, 0.3) is 0 Å². The monoisotopic (exact) mass is 240 g/mol. The van der Waals surface area contributed by atoms with E-state index in [9.17, 15) is 5.11 Å². The Morgan fingerprint density at radius 1 is 1.29 bits per heavy atom. The number of aliphatic hydroxyl groups excluding tert-OH is 1. The second kappa shape index (κ2) is 6.72. The fourth-order valence-electron chi connectivity index (χ4n) is 3.81. The second-order valence-corrected chi connectivity index (χ2v) is 5.95. The Morgan fingerprint density at radius 2 is 2.12 bits per heavy atom. The molecule has 100 valence electrons. The van der Waals surface area contributed by atoms with Gasteiger partial charge in [0.1, 0.15) is 0 Å². The van der Waals surface area contributed by atoms with Crippen molar-refractivity contribution in [1.82, 2.24) is 10.2 Å². The SMILES string of the molecule is CN1CCCC(C(CCO)C2CCCNC2)C1. The van der Waals surface area contributed by atoms with Gasteiger partial charge in [0, 0.05) is 13.2 Å². The normalized spacial score (nSPS) is 33.5. The maximum Gasteiger partial charge on any atom is 0.0433 e.